The molecule has 0 saturated heterocycles. The van der Waals surface area contributed by atoms with Gasteiger partial charge < -0.3 is 10.5 Å². The van der Waals surface area contributed by atoms with Gasteiger partial charge in [-0.05, 0) is 12.1 Å². The smallest absolute Gasteiger partial charge is 0.165 e. The Bertz CT molecular complexity index is 472. The number of pyridine rings is 1. The summed E-state index contributed by atoms with van der Waals surface area (Å²) in [6.45, 7) is 0. The number of ether oxygens (including phenoxy) is 1. The van der Waals surface area contributed by atoms with Crippen molar-refractivity contribution in [2.24, 2.45) is 0 Å². The van der Waals surface area contributed by atoms with Crippen LogP contribution in [0.1, 0.15) is 0 Å². The lowest BCUT2D eigenvalue weighted by Gasteiger charge is -2.05. The highest BCUT2D eigenvalue weighted by atomic mass is 16.5. The molecule has 2 aromatic heterocycles. The number of aromatic nitrogens is 3. The highest BCUT2D eigenvalue weighted by Gasteiger charge is 2.07. The fourth-order valence-electron chi connectivity index (χ4n) is 1.23. The first kappa shape index (κ1) is 9.39. The molecule has 0 aromatic carbocycles. The van der Waals surface area contributed by atoms with E-state index in [1.54, 1.807) is 37.8 Å². The minimum absolute atomic E-state index is 0.430. The van der Waals surface area contributed by atoms with Gasteiger partial charge in [-0.15, -0.1) is 0 Å². The van der Waals surface area contributed by atoms with Crippen molar-refractivity contribution in [3.8, 4) is 17.1 Å². The number of nitrogens with two attached hydrogens (primary N) is 1. The van der Waals surface area contributed by atoms with E-state index >= 15 is 0 Å². The predicted octanol–water partition coefficient (Wildman–Crippen LogP) is 1.13. The second kappa shape index (κ2) is 3.91. The molecule has 0 atom stereocenters. The van der Waals surface area contributed by atoms with Crippen molar-refractivity contribution < 1.29 is 4.74 Å². The summed E-state index contributed by atoms with van der Waals surface area (Å²) in [5.74, 6) is 1.59. The van der Waals surface area contributed by atoms with Crippen molar-refractivity contribution in [3.63, 3.8) is 0 Å². The van der Waals surface area contributed by atoms with E-state index in [2.05, 4.69) is 15.0 Å². The molecular weight excluding hydrogens is 192 g/mol. The monoisotopic (exact) mass is 202 g/mol. The lowest BCUT2D eigenvalue weighted by molar-refractivity contribution is 0.414. The quantitative estimate of drug-likeness (QED) is 0.790. The standard InChI is InChI=1S/C10H10N4O/c1-15-8-6-12-4-2-7(8)10-13-5-3-9(11)14-10/h2-6H,1H3,(H2,11,13,14). The van der Waals surface area contributed by atoms with Crippen LogP contribution < -0.4 is 10.5 Å². The summed E-state index contributed by atoms with van der Waals surface area (Å²) in [4.78, 5) is 12.2. The van der Waals surface area contributed by atoms with Crippen LogP contribution in [0.15, 0.2) is 30.7 Å². The summed E-state index contributed by atoms with van der Waals surface area (Å²) in [5.41, 5.74) is 6.36. The van der Waals surface area contributed by atoms with Gasteiger partial charge in [-0.2, -0.15) is 0 Å². The number of nitrogens with zero attached hydrogens (tertiary/aromatic N) is 3. The average molecular weight is 202 g/mol. The molecule has 0 aliphatic heterocycles. The fraction of sp³-hybridized carbons (Fsp3) is 0.100. The number of rotatable bonds is 2. The van der Waals surface area contributed by atoms with E-state index in [0.29, 0.717) is 17.4 Å². The Hall–Kier alpha value is -2.17. The Morgan fingerprint density at radius 3 is 2.87 bits per heavy atom. The first-order valence-electron chi connectivity index (χ1n) is 4.38. The first-order valence-corrected chi connectivity index (χ1v) is 4.38. The molecule has 0 aliphatic rings. The highest BCUT2D eigenvalue weighted by Crippen LogP contribution is 2.25. The summed E-state index contributed by atoms with van der Waals surface area (Å²) in [5, 5.41) is 0. The number of nitrogen functional groups attached to an aromatic ring is 1. The summed E-state index contributed by atoms with van der Waals surface area (Å²) in [6.07, 6.45) is 4.88. The number of hydrogen-bond acceptors (Lipinski definition) is 5. The molecule has 0 fully saturated rings. The second-order valence-electron chi connectivity index (χ2n) is 2.88. The van der Waals surface area contributed by atoms with Crippen LogP contribution in [0.25, 0.3) is 11.4 Å². The zero-order valence-electron chi connectivity index (χ0n) is 8.21. The van der Waals surface area contributed by atoms with E-state index in [0.717, 1.165) is 5.56 Å². The Balaban J connectivity index is 2.53. The van der Waals surface area contributed by atoms with Gasteiger partial charge in [0.25, 0.3) is 0 Å². The Kier molecular flexibility index (Phi) is 2.45. The third kappa shape index (κ3) is 1.85. The summed E-state index contributed by atoms with van der Waals surface area (Å²) < 4.78 is 5.16. The van der Waals surface area contributed by atoms with Crippen LogP contribution in [0.4, 0.5) is 5.82 Å². The maximum Gasteiger partial charge on any atom is 0.165 e. The lowest BCUT2D eigenvalue weighted by atomic mass is 10.2. The van der Waals surface area contributed by atoms with E-state index in [9.17, 15) is 0 Å². The van der Waals surface area contributed by atoms with Crippen LogP contribution in [0.2, 0.25) is 0 Å². The lowest BCUT2D eigenvalue weighted by Crippen LogP contribution is -1.96. The molecule has 0 unspecified atom stereocenters. The van der Waals surface area contributed by atoms with Crippen molar-refractivity contribution in [2.75, 3.05) is 12.8 Å². The number of hydrogen-bond donors (Lipinski definition) is 1. The molecule has 2 heterocycles. The molecule has 0 spiro atoms. The summed E-state index contributed by atoms with van der Waals surface area (Å²) in [7, 11) is 1.58. The molecule has 2 aromatic rings. The van der Waals surface area contributed by atoms with Crippen LogP contribution in [-0.4, -0.2) is 22.1 Å². The van der Waals surface area contributed by atoms with Gasteiger partial charge in [-0.25, -0.2) is 9.97 Å². The molecule has 0 radical (unpaired) electrons. The minimum atomic E-state index is 0.430. The number of methoxy groups -OCH3 is 1. The van der Waals surface area contributed by atoms with Crippen molar-refractivity contribution in [2.45, 2.75) is 0 Å². The van der Waals surface area contributed by atoms with Gasteiger partial charge in [0.1, 0.15) is 11.6 Å². The molecule has 0 amide bonds. The maximum atomic E-state index is 5.58. The van der Waals surface area contributed by atoms with Crippen LogP contribution in [0.3, 0.4) is 0 Å². The highest BCUT2D eigenvalue weighted by molar-refractivity contribution is 5.63. The third-order valence-corrected chi connectivity index (χ3v) is 1.92. The van der Waals surface area contributed by atoms with Gasteiger partial charge in [0.15, 0.2) is 5.82 Å². The van der Waals surface area contributed by atoms with Gasteiger partial charge in [0.05, 0.1) is 18.9 Å². The molecule has 76 valence electrons. The molecule has 2 N–H and O–H groups in total. The molecule has 5 nitrogen and oxygen atoms in total. The zero-order chi connectivity index (χ0) is 10.7. The Labute approximate surface area is 87.0 Å². The van der Waals surface area contributed by atoms with Crippen LogP contribution in [-0.2, 0) is 0 Å². The maximum absolute atomic E-state index is 5.58. The van der Waals surface area contributed by atoms with E-state index in [4.69, 9.17) is 10.5 Å². The summed E-state index contributed by atoms with van der Waals surface area (Å²) in [6, 6.07) is 3.42. The summed E-state index contributed by atoms with van der Waals surface area (Å²) >= 11 is 0. The SMILES string of the molecule is COc1cnccc1-c1nccc(N)n1. The largest absolute Gasteiger partial charge is 0.494 e. The van der Waals surface area contributed by atoms with Gasteiger partial charge in [0, 0.05) is 12.4 Å². The van der Waals surface area contributed by atoms with Crippen molar-refractivity contribution in [1.29, 1.82) is 0 Å². The van der Waals surface area contributed by atoms with E-state index in [-0.39, 0.29) is 0 Å². The normalized spacial score (nSPS) is 9.93. The fourth-order valence-corrected chi connectivity index (χ4v) is 1.23. The molecule has 0 aliphatic carbocycles. The van der Waals surface area contributed by atoms with Gasteiger partial charge >= 0.3 is 0 Å². The molecule has 2 rings (SSSR count). The zero-order valence-corrected chi connectivity index (χ0v) is 8.21. The van der Waals surface area contributed by atoms with Crippen molar-refractivity contribution >= 4 is 5.82 Å². The number of anilines is 1. The Morgan fingerprint density at radius 1 is 1.27 bits per heavy atom. The predicted molar refractivity (Wildman–Crippen MR) is 56.2 cm³/mol. The van der Waals surface area contributed by atoms with E-state index < -0.39 is 0 Å². The Morgan fingerprint density at radius 2 is 2.13 bits per heavy atom. The van der Waals surface area contributed by atoms with Crippen LogP contribution in [0, 0.1) is 0 Å². The molecule has 15 heavy (non-hydrogen) atoms. The molecule has 5 heteroatoms. The molecule has 0 saturated carbocycles. The van der Waals surface area contributed by atoms with Crippen LogP contribution >= 0.6 is 0 Å². The van der Waals surface area contributed by atoms with Crippen molar-refractivity contribution in [1.82, 2.24) is 15.0 Å². The third-order valence-electron chi connectivity index (χ3n) is 1.92. The minimum Gasteiger partial charge on any atom is -0.494 e. The van der Waals surface area contributed by atoms with E-state index in [1.165, 1.54) is 0 Å². The van der Waals surface area contributed by atoms with Gasteiger partial charge in [-0.1, -0.05) is 0 Å². The topological polar surface area (TPSA) is 73.9 Å². The van der Waals surface area contributed by atoms with Crippen LogP contribution in [0.5, 0.6) is 5.75 Å². The van der Waals surface area contributed by atoms with Gasteiger partial charge in [0.2, 0.25) is 0 Å². The average Bonchev–Trinajstić information content (AvgIpc) is 2.29. The first-order chi connectivity index (χ1) is 7.31. The van der Waals surface area contributed by atoms with E-state index in [1.807, 2.05) is 0 Å². The molecular formula is C10H10N4O. The van der Waals surface area contributed by atoms with Gasteiger partial charge in [-0.3, -0.25) is 4.98 Å². The molecule has 0 bridgehead atoms. The second-order valence-corrected chi connectivity index (χ2v) is 2.88. The van der Waals surface area contributed by atoms with Crippen molar-refractivity contribution in [3.05, 3.63) is 30.7 Å².